The maximum atomic E-state index is 12.0. The Morgan fingerprint density at radius 2 is 1.78 bits per heavy atom. The average Bonchev–Trinajstić information content (AvgIpc) is 2.70. The van der Waals surface area contributed by atoms with Crippen LogP contribution in [-0.2, 0) is 16.4 Å². The summed E-state index contributed by atoms with van der Waals surface area (Å²) in [6.07, 6.45) is 1.66. The van der Waals surface area contributed by atoms with E-state index in [0.717, 1.165) is 9.87 Å². The van der Waals surface area contributed by atoms with E-state index >= 15 is 0 Å². The van der Waals surface area contributed by atoms with Gasteiger partial charge in [0.15, 0.2) is 0 Å². The van der Waals surface area contributed by atoms with Gasteiger partial charge in [0, 0.05) is 25.5 Å². The Kier molecular flexibility index (Phi) is 3.96. The standard InChI is InChI=1S/C11H16N2O4S/c14-10-7-13(8-11(10)15)18(16,17)6-3-9-1-4-12-5-2-9/h1-2,4-5,10-11,14-15H,3,6-8H2. The first-order valence-corrected chi connectivity index (χ1v) is 7.33. The lowest BCUT2D eigenvalue weighted by molar-refractivity contribution is 0.0572. The fourth-order valence-electron chi connectivity index (χ4n) is 1.89. The van der Waals surface area contributed by atoms with Gasteiger partial charge in [0.1, 0.15) is 0 Å². The van der Waals surface area contributed by atoms with E-state index in [9.17, 15) is 18.6 Å². The third-order valence-electron chi connectivity index (χ3n) is 3.02. The molecule has 2 N–H and O–H groups in total. The molecule has 2 atom stereocenters. The second-order valence-corrected chi connectivity index (χ2v) is 6.46. The van der Waals surface area contributed by atoms with Crippen molar-refractivity contribution in [2.75, 3.05) is 18.8 Å². The Hall–Kier alpha value is -1.02. The van der Waals surface area contributed by atoms with E-state index in [0.29, 0.717) is 6.42 Å². The van der Waals surface area contributed by atoms with E-state index in [1.165, 1.54) is 0 Å². The van der Waals surface area contributed by atoms with Gasteiger partial charge in [0.05, 0.1) is 18.0 Å². The SMILES string of the molecule is O=S(=O)(CCc1ccncc1)N1CC(O)C(O)C1. The molecule has 2 unspecified atom stereocenters. The average molecular weight is 272 g/mol. The minimum Gasteiger partial charge on any atom is -0.389 e. The van der Waals surface area contributed by atoms with Crippen molar-refractivity contribution < 1.29 is 18.6 Å². The van der Waals surface area contributed by atoms with E-state index in [1.54, 1.807) is 24.5 Å². The zero-order valence-corrected chi connectivity index (χ0v) is 10.6. The van der Waals surface area contributed by atoms with Gasteiger partial charge in [0.2, 0.25) is 10.0 Å². The summed E-state index contributed by atoms with van der Waals surface area (Å²) in [5.41, 5.74) is 0.897. The molecule has 0 aromatic carbocycles. The second-order valence-electron chi connectivity index (χ2n) is 4.37. The Bertz CT molecular complexity index is 481. The fraction of sp³-hybridized carbons (Fsp3) is 0.545. The molecule has 1 aromatic rings. The van der Waals surface area contributed by atoms with Crippen LogP contribution in [0.25, 0.3) is 0 Å². The fourth-order valence-corrected chi connectivity index (χ4v) is 3.40. The predicted octanol–water partition coefficient (Wildman–Crippen LogP) is -1.01. The molecular weight excluding hydrogens is 256 g/mol. The second kappa shape index (κ2) is 5.31. The molecule has 0 bridgehead atoms. The summed E-state index contributed by atoms with van der Waals surface area (Å²) in [6.45, 7) is -0.0559. The number of aliphatic hydroxyl groups excluding tert-OH is 2. The van der Waals surface area contributed by atoms with Crippen LogP contribution in [0.3, 0.4) is 0 Å². The minimum absolute atomic E-state index is 0.0279. The van der Waals surface area contributed by atoms with Gasteiger partial charge in [-0.25, -0.2) is 8.42 Å². The first-order chi connectivity index (χ1) is 8.49. The number of nitrogens with zero attached hydrogens (tertiary/aromatic N) is 2. The molecule has 0 saturated carbocycles. The minimum atomic E-state index is -3.43. The van der Waals surface area contributed by atoms with Crippen molar-refractivity contribution in [1.82, 2.24) is 9.29 Å². The normalized spacial score (nSPS) is 25.4. The van der Waals surface area contributed by atoms with E-state index < -0.39 is 22.2 Å². The highest BCUT2D eigenvalue weighted by atomic mass is 32.2. The van der Waals surface area contributed by atoms with Crippen LogP contribution < -0.4 is 0 Å². The lowest BCUT2D eigenvalue weighted by Crippen LogP contribution is -2.32. The van der Waals surface area contributed by atoms with Crippen molar-refractivity contribution in [3.8, 4) is 0 Å². The van der Waals surface area contributed by atoms with Crippen LogP contribution in [0.1, 0.15) is 5.56 Å². The van der Waals surface area contributed by atoms with Crippen LogP contribution >= 0.6 is 0 Å². The molecule has 1 saturated heterocycles. The van der Waals surface area contributed by atoms with E-state index in [1.807, 2.05) is 0 Å². The van der Waals surface area contributed by atoms with E-state index in [4.69, 9.17) is 0 Å². The first-order valence-electron chi connectivity index (χ1n) is 5.72. The molecule has 2 rings (SSSR count). The molecule has 100 valence electrons. The number of β-amino-alcohol motifs (C(OH)–C–C–N with tert-alkyl or cyclic N) is 2. The molecule has 6 nitrogen and oxygen atoms in total. The van der Waals surface area contributed by atoms with Crippen LogP contribution in [0.15, 0.2) is 24.5 Å². The maximum absolute atomic E-state index is 12.0. The number of pyridine rings is 1. The van der Waals surface area contributed by atoms with Gasteiger partial charge < -0.3 is 10.2 Å². The molecule has 0 aliphatic carbocycles. The summed E-state index contributed by atoms with van der Waals surface area (Å²) in [7, 11) is -3.43. The topological polar surface area (TPSA) is 90.7 Å². The van der Waals surface area contributed by atoms with Gasteiger partial charge in [-0.15, -0.1) is 0 Å². The molecule has 1 aliphatic rings. The third-order valence-corrected chi connectivity index (χ3v) is 4.82. The lowest BCUT2D eigenvalue weighted by Gasteiger charge is -2.15. The molecule has 18 heavy (non-hydrogen) atoms. The van der Waals surface area contributed by atoms with Gasteiger partial charge >= 0.3 is 0 Å². The number of aromatic nitrogens is 1. The highest BCUT2D eigenvalue weighted by Gasteiger charge is 2.36. The molecule has 0 spiro atoms. The van der Waals surface area contributed by atoms with Gasteiger partial charge in [0.25, 0.3) is 0 Å². The summed E-state index contributed by atoms with van der Waals surface area (Å²) < 4.78 is 25.1. The summed E-state index contributed by atoms with van der Waals surface area (Å²) in [6, 6.07) is 3.53. The zero-order chi connectivity index (χ0) is 13.2. The van der Waals surface area contributed by atoms with Crippen molar-refractivity contribution in [3.05, 3.63) is 30.1 Å². The van der Waals surface area contributed by atoms with Gasteiger partial charge in [-0.1, -0.05) is 0 Å². The summed E-state index contributed by atoms with van der Waals surface area (Å²) in [5, 5.41) is 18.7. The number of aryl methyl sites for hydroxylation is 1. The van der Waals surface area contributed by atoms with Crippen molar-refractivity contribution >= 4 is 10.0 Å². The van der Waals surface area contributed by atoms with Gasteiger partial charge in [-0.2, -0.15) is 4.31 Å². The molecular formula is C11H16N2O4S. The van der Waals surface area contributed by atoms with Crippen molar-refractivity contribution in [2.45, 2.75) is 18.6 Å². The predicted molar refractivity (Wildman–Crippen MR) is 65.3 cm³/mol. The lowest BCUT2D eigenvalue weighted by atomic mass is 10.2. The molecule has 1 fully saturated rings. The zero-order valence-electron chi connectivity index (χ0n) is 9.81. The number of hydrogen-bond acceptors (Lipinski definition) is 5. The van der Waals surface area contributed by atoms with E-state index in [2.05, 4.69) is 4.98 Å². The molecule has 0 amide bonds. The highest BCUT2D eigenvalue weighted by Crippen LogP contribution is 2.15. The van der Waals surface area contributed by atoms with Gasteiger partial charge in [-0.05, 0) is 24.1 Å². The van der Waals surface area contributed by atoms with Crippen LogP contribution in [0.4, 0.5) is 0 Å². The van der Waals surface area contributed by atoms with Crippen LogP contribution in [-0.4, -0.2) is 59.0 Å². The van der Waals surface area contributed by atoms with Crippen molar-refractivity contribution in [1.29, 1.82) is 0 Å². The van der Waals surface area contributed by atoms with E-state index in [-0.39, 0.29) is 18.8 Å². The first kappa shape index (κ1) is 13.4. The number of aliphatic hydroxyl groups is 2. The quantitative estimate of drug-likeness (QED) is 0.733. The number of sulfonamides is 1. The van der Waals surface area contributed by atoms with Crippen molar-refractivity contribution in [2.24, 2.45) is 0 Å². The van der Waals surface area contributed by atoms with Crippen molar-refractivity contribution in [3.63, 3.8) is 0 Å². The van der Waals surface area contributed by atoms with Crippen LogP contribution in [0, 0.1) is 0 Å². The molecule has 1 aliphatic heterocycles. The smallest absolute Gasteiger partial charge is 0.214 e. The Balaban J connectivity index is 1.96. The number of hydrogen-bond donors (Lipinski definition) is 2. The van der Waals surface area contributed by atoms with Gasteiger partial charge in [-0.3, -0.25) is 4.98 Å². The Morgan fingerprint density at radius 1 is 1.22 bits per heavy atom. The molecule has 0 radical (unpaired) electrons. The Labute approximate surface area is 106 Å². The summed E-state index contributed by atoms with van der Waals surface area (Å²) in [5.74, 6) is -0.0313. The monoisotopic (exact) mass is 272 g/mol. The largest absolute Gasteiger partial charge is 0.389 e. The third kappa shape index (κ3) is 3.05. The van der Waals surface area contributed by atoms with Crippen LogP contribution in [0.5, 0.6) is 0 Å². The maximum Gasteiger partial charge on any atom is 0.214 e. The number of rotatable bonds is 4. The molecule has 7 heteroatoms. The van der Waals surface area contributed by atoms with Crippen LogP contribution in [0.2, 0.25) is 0 Å². The molecule has 1 aromatic heterocycles. The summed E-state index contributed by atoms with van der Waals surface area (Å²) >= 11 is 0. The summed E-state index contributed by atoms with van der Waals surface area (Å²) in [4.78, 5) is 3.86. The Morgan fingerprint density at radius 3 is 2.33 bits per heavy atom. The highest BCUT2D eigenvalue weighted by molar-refractivity contribution is 7.89. The molecule has 2 heterocycles.